The first-order chi connectivity index (χ1) is 24.2. The quantitative estimate of drug-likeness (QED) is 0.202. The SMILES string of the molecule is CC[C@H]1OC(=O)[C@H](C)[C@@H](O[C@H]2C[C@@](C)(OC)[C@@H](O)[C@H](C)O2)[C@H](C)[C@@H](O[C@@H]2O[C@H](C)C[C@H](N(C)C)[C@H]2O)[C@](C)(O)C[C@@H](C)CN(C)C(C)(O)[C@@H](O)[C@]1(C)O. The summed E-state index contributed by atoms with van der Waals surface area (Å²) >= 11 is 0. The maximum absolute atomic E-state index is 14.2. The molecule has 0 bridgehead atoms. The molecule has 3 rings (SSSR count). The fourth-order valence-corrected chi connectivity index (χ4v) is 8.75. The van der Waals surface area contributed by atoms with Crippen molar-refractivity contribution in [1.82, 2.24) is 9.80 Å². The Balaban J connectivity index is 2.20. The number of aliphatic hydroxyl groups is 6. The predicted octanol–water partition coefficient (Wildman–Crippen LogP) is 1.22. The molecule has 0 saturated carbocycles. The first-order valence-electron chi connectivity index (χ1n) is 19.2. The van der Waals surface area contributed by atoms with Gasteiger partial charge in [0.25, 0.3) is 0 Å². The van der Waals surface area contributed by atoms with Gasteiger partial charge < -0.3 is 64.0 Å². The van der Waals surface area contributed by atoms with E-state index < -0.39 is 95.6 Å². The lowest BCUT2D eigenvalue weighted by atomic mass is 9.77. The van der Waals surface area contributed by atoms with Gasteiger partial charge in [-0.05, 0) is 94.8 Å². The Morgan fingerprint density at radius 2 is 1.55 bits per heavy atom. The average molecular weight is 765 g/mol. The molecule has 6 N–H and O–H groups in total. The third-order valence-corrected chi connectivity index (χ3v) is 12.3. The molecule has 3 saturated heterocycles. The maximum Gasteiger partial charge on any atom is 0.311 e. The highest BCUT2D eigenvalue weighted by Crippen LogP contribution is 2.40. The van der Waals surface area contributed by atoms with Gasteiger partial charge in [-0.3, -0.25) is 9.69 Å². The fraction of sp³-hybridized carbons (Fsp3) is 0.974. The Labute approximate surface area is 316 Å². The summed E-state index contributed by atoms with van der Waals surface area (Å²) < 4.78 is 37.4. The van der Waals surface area contributed by atoms with Gasteiger partial charge in [-0.1, -0.05) is 20.8 Å². The normalized spacial score (nSPS) is 50.3. The second-order valence-electron chi connectivity index (χ2n) is 17.4. The summed E-state index contributed by atoms with van der Waals surface area (Å²) in [6, 6.07) is -0.303. The van der Waals surface area contributed by atoms with Crippen molar-refractivity contribution in [3.05, 3.63) is 0 Å². The van der Waals surface area contributed by atoms with Crippen LogP contribution < -0.4 is 0 Å². The van der Waals surface area contributed by atoms with Crippen molar-refractivity contribution in [3.8, 4) is 0 Å². The van der Waals surface area contributed by atoms with Crippen LogP contribution in [0.1, 0.15) is 94.9 Å². The summed E-state index contributed by atoms with van der Waals surface area (Å²) in [5.41, 5.74) is -6.76. The van der Waals surface area contributed by atoms with E-state index in [1.807, 2.05) is 32.8 Å². The summed E-state index contributed by atoms with van der Waals surface area (Å²) in [6.45, 7) is 16.8. The van der Waals surface area contributed by atoms with Crippen LogP contribution >= 0.6 is 0 Å². The van der Waals surface area contributed by atoms with E-state index in [1.165, 1.54) is 25.9 Å². The Kier molecular flexibility index (Phi) is 15.4. The number of likely N-dealkylation sites (N-methyl/N-ethyl adjacent to an activating group) is 2. The van der Waals surface area contributed by atoms with Crippen LogP contribution in [0.5, 0.6) is 0 Å². The number of methoxy groups -OCH3 is 1. The highest BCUT2D eigenvalue weighted by Gasteiger charge is 2.54. The lowest BCUT2D eigenvalue weighted by molar-refractivity contribution is -0.318. The Morgan fingerprint density at radius 1 is 0.943 bits per heavy atom. The highest BCUT2D eigenvalue weighted by molar-refractivity contribution is 5.73. The Hall–Kier alpha value is -1.05. The zero-order chi connectivity index (χ0) is 40.6. The van der Waals surface area contributed by atoms with Crippen molar-refractivity contribution in [2.45, 2.75) is 185 Å². The predicted molar refractivity (Wildman–Crippen MR) is 195 cm³/mol. The van der Waals surface area contributed by atoms with E-state index in [2.05, 4.69) is 0 Å². The number of nitrogens with zero attached hydrogens (tertiary/aromatic N) is 2. The topological polar surface area (TPSA) is 200 Å². The van der Waals surface area contributed by atoms with Gasteiger partial charge in [-0.15, -0.1) is 0 Å². The van der Waals surface area contributed by atoms with Gasteiger partial charge in [-0.2, -0.15) is 0 Å². The van der Waals surface area contributed by atoms with E-state index in [-0.39, 0.29) is 43.9 Å². The van der Waals surface area contributed by atoms with E-state index >= 15 is 0 Å². The molecule has 18 atom stereocenters. The Bertz CT molecular complexity index is 1190. The maximum atomic E-state index is 14.2. The summed E-state index contributed by atoms with van der Waals surface area (Å²) in [7, 11) is 6.82. The van der Waals surface area contributed by atoms with Gasteiger partial charge >= 0.3 is 5.97 Å². The van der Waals surface area contributed by atoms with Crippen molar-refractivity contribution in [3.63, 3.8) is 0 Å². The van der Waals surface area contributed by atoms with E-state index in [9.17, 15) is 35.4 Å². The van der Waals surface area contributed by atoms with Gasteiger partial charge in [0.2, 0.25) is 0 Å². The molecule has 0 amide bonds. The lowest BCUT2D eigenvalue weighted by Crippen LogP contribution is -2.65. The molecule has 15 nitrogen and oxygen atoms in total. The lowest BCUT2D eigenvalue weighted by Gasteiger charge is -2.49. The molecule has 3 fully saturated rings. The third kappa shape index (κ3) is 10.1. The first-order valence-corrected chi connectivity index (χ1v) is 19.2. The van der Waals surface area contributed by atoms with Crippen molar-refractivity contribution < 1.29 is 63.9 Å². The first kappa shape index (κ1) is 46.3. The van der Waals surface area contributed by atoms with Gasteiger partial charge in [0, 0.05) is 32.0 Å². The van der Waals surface area contributed by atoms with Crippen LogP contribution in [-0.2, 0) is 33.2 Å². The number of hydrogen-bond acceptors (Lipinski definition) is 15. The highest BCUT2D eigenvalue weighted by atomic mass is 16.7. The summed E-state index contributed by atoms with van der Waals surface area (Å²) in [4.78, 5) is 17.6. The standard InChI is InChI=1S/C38H72N2O13/c1-15-26-37(9,46)34(44)38(10,47)40(13)19-20(2)17-35(7,45)31(53-33-28(41)25(39(11)12)16-21(3)49-33)22(4)29(23(5)32(43)51-26)52-27-18-36(8,48-14)30(42)24(6)50-27/h20-31,33-34,41-42,44-47H,15-19H2,1-14H3/t20-,21-,22+,23-,24+,25+,26-,27+,28-,29+,30+,31-,33+,34+,35-,36-,37-,38?/m1/s1. The van der Waals surface area contributed by atoms with Crippen LogP contribution in [0, 0.1) is 17.8 Å². The zero-order valence-corrected chi connectivity index (χ0v) is 34.6. The number of ether oxygens (including phenoxy) is 6. The summed E-state index contributed by atoms with van der Waals surface area (Å²) in [5.74, 6) is -2.98. The van der Waals surface area contributed by atoms with Crippen molar-refractivity contribution >= 4 is 5.97 Å². The van der Waals surface area contributed by atoms with Gasteiger partial charge in [0.15, 0.2) is 12.6 Å². The summed E-state index contributed by atoms with van der Waals surface area (Å²) in [6.07, 6.45) is -9.50. The van der Waals surface area contributed by atoms with E-state index in [0.29, 0.717) is 6.42 Å². The molecule has 53 heavy (non-hydrogen) atoms. The van der Waals surface area contributed by atoms with Crippen LogP contribution in [0.2, 0.25) is 0 Å². The Morgan fingerprint density at radius 3 is 2.09 bits per heavy atom. The molecular formula is C38H72N2O13. The largest absolute Gasteiger partial charge is 0.459 e. The smallest absolute Gasteiger partial charge is 0.311 e. The molecule has 312 valence electrons. The van der Waals surface area contributed by atoms with Crippen molar-refractivity contribution in [1.29, 1.82) is 0 Å². The molecule has 0 aromatic heterocycles. The van der Waals surface area contributed by atoms with Crippen LogP contribution in [0.4, 0.5) is 0 Å². The van der Waals surface area contributed by atoms with Crippen molar-refractivity contribution in [2.75, 3.05) is 34.8 Å². The molecule has 0 radical (unpaired) electrons. The number of carbonyl (C=O) groups excluding carboxylic acids is 1. The van der Waals surface area contributed by atoms with E-state index in [1.54, 1.807) is 48.6 Å². The van der Waals surface area contributed by atoms with Gasteiger partial charge in [0.1, 0.15) is 35.7 Å². The monoisotopic (exact) mass is 765 g/mol. The minimum Gasteiger partial charge on any atom is -0.459 e. The number of hydrogen-bond donors (Lipinski definition) is 6. The molecule has 1 unspecified atom stereocenters. The van der Waals surface area contributed by atoms with Crippen LogP contribution in [0.25, 0.3) is 0 Å². The number of carbonyl (C=O) groups is 1. The number of esters is 1. The van der Waals surface area contributed by atoms with Crippen molar-refractivity contribution in [2.24, 2.45) is 17.8 Å². The van der Waals surface area contributed by atoms with E-state index in [0.717, 1.165) is 0 Å². The van der Waals surface area contributed by atoms with Crippen LogP contribution in [0.15, 0.2) is 0 Å². The van der Waals surface area contributed by atoms with Gasteiger partial charge in [0.05, 0.1) is 41.5 Å². The molecule has 3 heterocycles. The molecule has 15 heteroatoms. The summed E-state index contributed by atoms with van der Waals surface area (Å²) in [5, 5.41) is 69.8. The third-order valence-electron chi connectivity index (χ3n) is 12.3. The molecule has 3 aliphatic heterocycles. The molecular weight excluding hydrogens is 692 g/mol. The molecule has 0 spiro atoms. The molecule has 0 aromatic carbocycles. The fourth-order valence-electron chi connectivity index (χ4n) is 8.75. The minimum absolute atomic E-state index is 0.103. The molecule has 0 aromatic rings. The second-order valence-corrected chi connectivity index (χ2v) is 17.4. The zero-order valence-electron chi connectivity index (χ0n) is 34.6. The molecule has 3 aliphatic rings. The van der Waals surface area contributed by atoms with Crippen LogP contribution in [-0.4, -0.2) is 171 Å². The van der Waals surface area contributed by atoms with Gasteiger partial charge in [-0.25, -0.2) is 0 Å². The number of cyclic esters (lactones) is 1. The van der Waals surface area contributed by atoms with E-state index in [4.69, 9.17) is 28.4 Å². The minimum atomic E-state index is -2.09. The second kappa shape index (κ2) is 17.6. The number of aliphatic hydroxyl groups excluding tert-OH is 3. The molecule has 0 aliphatic carbocycles. The number of rotatable bonds is 7. The average Bonchev–Trinajstić information content (AvgIpc) is 3.06. The van der Waals surface area contributed by atoms with Crippen LogP contribution in [0.3, 0.4) is 0 Å².